The Morgan fingerprint density at radius 3 is 2.50 bits per heavy atom. The molecule has 2 aromatic rings. The van der Waals surface area contributed by atoms with Crippen molar-refractivity contribution in [2.75, 3.05) is 7.11 Å². The number of thiophene rings is 1. The van der Waals surface area contributed by atoms with Gasteiger partial charge in [0.1, 0.15) is 10.1 Å². The quantitative estimate of drug-likeness (QED) is 0.774. The van der Waals surface area contributed by atoms with E-state index in [2.05, 4.69) is 0 Å². The summed E-state index contributed by atoms with van der Waals surface area (Å²) in [5.41, 5.74) is 1.89. The summed E-state index contributed by atoms with van der Waals surface area (Å²) in [6.45, 7) is 1.92. The number of rotatable bonds is 3. The lowest BCUT2D eigenvalue weighted by molar-refractivity contribution is 0.103. The molecule has 1 heterocycles. The van der Waals surface area contributed by atoms with Crippen LogP contribution in [0.15, 0.2) is 24.3 Å². The average Bonchev–Trinajstić information content (AvgIpc) is 2.67. The third-order valence-corrected chi connectivity index (χ3v) is 3.99. The van der Waals surface area contributed by atoms with E-state index in [0.717, 1.165) is 5.56 Å². The van der Waals surface area contributed by atoms with Gasteiger partial charge in [0.05, 0.1) is 22.6 Å². The van der Waals surface area contributed by atoms with Crippen LogP contribution in [0.2, 0.25) is 8.67 Å². The number of carbonyl (C=O) groups is 1. The summed E-state index contributed by atoms with van der Waals surface area (Å²) in [7, 11) is 1.53. The fourth-order valence-electron chi connectivity index (χ4n) is 1.64. The predicted octanol–water partition coefficient (Wildman–Crippen LogP) is 4.60. The Hall–Kier alpha value is -1.03. The summed E-state index contributed by atoms with van der Waals surface area (Å²) in [6, 6.07) is 7.02. The third kappa shape index (κ3) is 2.53. The Kier molecular flexibility index (Phi) is 3.95. The predicted molar refractivity (Wildman–Crippen MR) is 75.5 cm³/mol. The first-order chi connectivity index (χ1) is 8.52. The average molecular weight is 301 g/mol. The molecule has 0 fully saturated rings. The molecule has 2 nitrogen and oxygen atoms in total. The van der Waals surface area contributed by atoms with Crippen LogP contribution in [0, 0.1) is 6.92 Å². The molecule has 0 radical (unpaired) electrons. The maximum Gasteiger partial charge on any atom is 0.199 e. The van der Waals surface area contributed by atoms with Crippen LogP contribution in [0.1, 0.15) is 21.5 Å². The molecule has 2 rings (SSSR count). The van der Waals surface area contributed by atoms with Crippen LogP contribution in [0.5, 0.6) is 5.75 Å². The molecule has 1 aromatic carbocycles. The molecule has 0 aliphatic rings. The highest BCUT2D eigenvalue weighted by Gasteiger charge is 2.19. The summed E-state index contributed by atoms with van der Waals surface area (Å²) in [4.78, 5) is 12.4. The molecule has 5 heteroatoms. The zero-order valence-electron chi connectivity index (χ0n) is 9.79. The number of benzene rings is 1. The number of aryl methyl sites for hydroxylation is 1. The minimum Gasteiger partial charge on any atom is -0.496 e. The maximum absolute atomic E-state index is 12.4. The first-order valence-corrected chi connectivity index (χ1v) is 6.74. The van der Waals surface area contributed by atoms with Crippen molar-refractivity contribution in [1.82, 2.24) is 0 Å². The Labute approximate surface area is 119 Å². The molecule has 0 bridgehead atoms. The van der Waals surface area contributed by atoms with Gasteiger partial charge in [0.2, 0.25) is 0 Å². The fourth-order valence-corrected chi connectivity index (χ4v) is 3.10. The summed E-state index contributed by atoms with van der Waals surface area (Å²) < 4.78 is 6.09. The van der Waals surface area contributed by atoms with Crippen molar-refractivity contribution in [2.24, 2.45) is 0 Å². The van der Waals surface area contributed by atoms with E-state index in [-0.39, 0.29) is 5.78 Å². The van der Waals surface area contributed by atoms with Crippen LogP contribution in [0.25, 0.3) is 0 Å². The van der Waals surface area contributed by atoms with Gasteiger partial charge in [-0.3, -0.25) is 4.79 Å². The van der Waals surface area contributed by atoms with Gasteiger partial charge in [-0.2, -0.15) is 0 Å². The van der Waals surface area contributed by atoms with Gasteiger partial charge >= 0.3 is 0 Å². The first-order valence-electron chi connectivity index (χ1n) is 5.17. The van der Waals surface area contributed by atoms with Gasteiger partial charge in [-0.15, -0.1) is 11.3 Å². The molecule has 0 amide bonds. The summed E-state index contributed by atoms with van der Waals surface area (Å²) in [5.74, 6) is 0.354. The molecule has 0 aliphatic heterocycles. The van der Waals surface area contributed by atoms with Crippen LogP contribution in [0.4, 0.5) is 0 Å². The van der Waals surface area contributed by atoms with Crippen molar-refractivity contribution in [3.63, 3.8) is 0 Å². The zero-order valence-corrected chi connectivity index (χ0v) is 12.1. The van der Waals surface area contributed by atoms with Crippen molar-refractivity contribution in [3.05, 3.63) is 49.6 Å². The highest BCUT2D eigenvalue weighted by Crippen LogP contribution is 2.34. The van der Waals surface area contributed by atoms with E-state index in [4.69, 9.17) is 27.9 Å². The van der Waals surface area contributed by atoms with Gasteiger partial charge in [0.15, 0.2) is 5.78 Å². The monoisotopic (exact) mass is 300 g/mol. The van der Waals surface area contributed by atoms with E-state index in [1.807, 2.05) is 13.0 Å². The third-order valence-electron chi connectivity index (χ3n) is 2.50. The van der Waals surface area contributed by atoms with Gasteiger partial charge in [0.25, 0.3) is 0 Å². The van der Waals surface area contributed by atoms with Crippen LogP contribution in [0.3, 0.4) is 0 Å². The number of ketones is 1. The topological polar surface area (TPSA) is 26.3 Å². The second kappa shape index (κ2) is 5.31. The lowest BCUT2D eigenvalue weighted by atomic mass is 10.0. The fraction of sp³-hybridized carbons (Fsp3) is 0.154. The maximum atomic E-state index is 12.4. The van der Waals surface area contributed by atoms with E-state index in [0.29, 0.717) is 25.5 Å². The molecule has 0 atom stereocenters. The molecule has 0 unspecified atom stereocenters. The minimum atomic E-state index is -0.177. The Bertz CT molecular complexity index is 605. The van der Waals surface area contributed by atoms with Crippen LogP contribution in [-0.2, 0) is 0 Å². The van der Waals surface area contributed by atoms with Crippen LogP contribution >= 0.6 is 34.5 Å². The van der Waals surface area contributed by atoms with Crippen LogP contribution < -0.4 is 4.74 Å². The summed E-state index contributed by atoms with van der Waals surface area (Å²) in [6.07, 6.45) is 0. The number of halogens is 2. The molecular formula is C13H10Cl2O2S. The first kappa shape index (κ1) is 13.4. The lowest BCUT2D eigenvalue weighted by Gasteiger charge is -2.08. The molecular weight excluding hydrogens is 291 g/mol. The molecule has 18 heavy (non-hydrogen) atoms. The number of ether oxygens (including phenoxy) is 1. The highest BCUT2D eigenvalue weighted by molar-refractivity contribution is 7.20. The van der Waals surface area contributed by atoms with Gasteiger partial charge < -0.3 is 4.74 Å². The smallest absolute Gasteiger partial charge is 0.199 e. The van der Waals surface area contributed by atoms with Crippen molar-refractivity contribution >= 4 is 40.3 Å². The molecule has 0 saturated carbocycles. The van der Waals surface area contributed by atoms with Crippen LogP contribution in [-0.4, -0.2) is 12.9 Å². The molecule has 94 valence electrons. The largest absolute Gasteiger partial charge is 0.496 e. The molecule has 0 N–H and O–H groups in total. The number of hydrogen-bond acceptors (Lipinski definition) is 3. The Balaban J connectivity index is 2.51. The standard InChI is InChI=1S/C13H10Cl2O2S/c1-7-3-4-10(17-2)8(5-7)12(16)9-6-11(14)18-13(9)15/h3-6H,1-2H3. The van der Waals surface area contributed by atoms with Crippen molar-refractivity contribution in [1.29, 1.82) is 0 Å². The zero-order chi connectivity index (χ0) is 13.3. The molecule has 0 spiro atoms. The van der Waals surface area contributed by atoms with E-state index in [1.165, 1.54) is 18.4 Å². The van der Waals surface area contributed by atoms with Gasteiger partial charge in [-0.05, 0) is 25.1 Å². The lowest BCUT2D eigenvalue weighted by Crippen LogP contribution is -2.03. The number of carbonyl (C=O) groups excluding carboxylic acids is 1. The Morgan fingerprint density at radius 1 is 1.22 bits per heavy atom. The van der Waals surface area contributed by atoms with Gasteiger partial charge in [-0.25, -0.2) is 0 Å². The van der Waals surface area contributed by atoms with Gasteiger partial charge in [0, 0.05) is 0 Å². The van der Waals surface area contributed by atoms with Crippen molar-refractivity contribution in [3.8, 4) is 5.75 Å². The van der Waals surface area contributed by atoms with E-state index < -0.39 is 0 Å². The van der Waals surface area contributed by atoms with E-state index in [9.17, 15) is 4.79 Å². The van der Waals surface area contributed by atoms with Crippen molar-refractivity contribution in [2.45, 2.75) is 6.92 Å². The second-order valence-corrected chi connectivity index (χ2v) is 6.06. The Morgan fingerprint density at radius 2 is 1.94 bits per heavy atom. The summed E-state index contributed by atoms with van der Waals surface area (Å²) in [5, 5.41) is 0. The summed E-state index contributed by atoms with van der Waals surface area (Å²) >= 11 is 13.0. The minimum absolute atomic E-state index is 0.177. The molecule has 0 saturated heterocycles. The molecule has 0 aliphatic carbocycles. The van der Waals surface area contributed by atoms with E-state index >= 15 is 0 Å². The van der Waals surface area contributed by atoms with Gasteiger partial charge in [-0.1, -0.05) is 34.8 Å². The number of methoxy groups -OCH3 is 1. The normalized spacial score (nSPS) is 10.4. The molecule has 1 aromatic heterocycles. The number of hydrogen-bond donors (Lipinski definition) is 0. The highest BCUT2D eigenvalue weighted by atomic mass is 35.5. The SMILES string of the molecule is COc1ccc(C)cc1C(=O)c1cc(Cl)sc1Cl. The second-order valence-electron chi connectivity index (χ2n) is 3.77. The van der Waals surface area contributed by atoms with E-state index in [1.54, 1.807) is 18.2 Å². The van der Waals surface area contributed by atoms with Crippen molar-refractivity contribution < 1.29 is 9.53 Å².